The number of rotatable bonds is 3. The van der Waals surface area contributed by atoms with Crippen molar-refractivity contribution in [1.29, 1.82) is 0 Å². The maximum Gasteiger partial charge on any atom is 0.158 e. The maximum atomic E-state index is 9.36. The van der Waals surface area contributed by atoms with Crippen LogP contribution in [-0.2, 0) is 6.42 Å². The predicted molar refractivity (Wildman–Crippen MR) is 63.1 cm³/mol. The van der Waals surface area contributed by atoms with Crippen LogP contribution in [0.2, 0.25) is 0 Å². The van der Waals surface area contributed by atoms with Gasteiger partial charge in [0.25, 0.3) is 0 Å². The van der Waals surface area contributed by atoms with Crippen LogP contribution >= 0.6 is 22.9 Å². The molecule has 1 aromatic carbocycles. The highest BCUT2D eigenvalue weighted by molar-refractivity contribution is 7.14. The highest BCUT2D eigenvalue weighted by Crippen LogP contribution is 2.31. The Morgan fingerprint density at radius 2 is 2.00 bits per heavy atom. The Hall–Kier alpha value is -1.33. The molecule has 4 nitrogen and oxygen atoms in total. The minimum absolute atomic E-state index is 0.144. The van der Waals surface area contributed by atoms with Crippen LogP contribution in [0.4, 0.5) is 0 Å². The second kappa shape index (κ2) is 4.67. The first kappa shape index (κ1) is 11.2. The quantitative estimate of drug-likeness (QED) is 0.654. The van der Waals surface area contributed by atoms with Crippen LogP contribution in [0.25, 0.3) is 10.6 Å². The third-order valence-corrected chi connectivity index (χ3v) is 3.22. The van der Waals surface area contributed by atoms with Crippen LogP contribution in [-0.4, -0.2) is 26.3 Å². The summed E-state index contributed by atoms with van der Waals surface area (Å²) >= 11 is 7.03. The van der Waals surface area contributed by atoms with Crippen molar-refractivity contribution in [3.8, 4) is 22.1 Å². The van der Waals surface area contributed by atoms with Gasteiger partial charge in [0, 0.05) is 17.9 Å². The number of aromatic hydroxyl groups is 2. The van der Waals surface area contributed by atoms with Gasteiger partial charge in [0.15, 0.2) is 11.5 Å². The number of hydrogen-bond donors (Lipinski definition) is 2. The monoisotopic (exact) mass is 256 g/mol. The molecule has 0 aliphatic carbocycles. The summed E-state index contributed by atoms with van der Waals surface area (Å²) in [7, 11) is 0. The van der Waals surface area contributed by atoms with Gasteiger partial charge in [-0.3, -0.25) is 0 Å². The fraction of sp³-hybridized carbons (Fsp3) is 0.200. The van der Waals surface area contributed by atoms with Gasteiger partial charge in [0.2, 0.25) is 0 Å². The average Bonchev–Trinajstić information content (AvgIpc) is 2.71. The van der Waals surface area contributed by atoms with Crippen molar-refractivity contribution in [2.45, 2.75) is 6.42 Å². The largest absolute Gasteiger partial charge is 0.504 e. The molecule has 0 aliphatic heterocycles. The molecule has 0 radical (unpaired) electrons. The standard InChI is InChI=1S/C10H9ClN2O2S/c11-4-3-9-12-13-10(16-9)6-1-2-7(14)8(15)5-6/h1-2,5,14-15H,3-4H2. The Balaban J connectivity index is 2.31. The molecule has 0 saturated carbocycles. The molecule has 0 fully saturated rings. The third-order valence-electron chi connectivity index (χ3n) is 2.00. The van der Waals surface area contributed by atoms with E-state index in [1.165, 1.54) is 23.5 Å². The molecule has 2 aromatic rings. The lowest BCUT2D eigenvalue weighted by molar-refractivity contribution is 0.404. The van der Waals surface area contributed by atoms with Gasteiger partial charge in [-0.2, -0.15) is 0 Å². The molecule has 84 valence electrons. The van der Waals surface area contributed by atoms with Gasteiger partial charge in [-0.25, -0.2) is 0 Å². The number of hydrogen-bond acceptors (Lipinski definition) is 5. The first-order valence-corrected chi connectivity index (χ1v) is 5.96. The van der Waals surface area contributed by atoms with Crippen molar-refractivity contribution in [2.24, 2.45) is 0 Å². The number of phenolic OH excluding ortho intramolecular Hbond substituents is 2. The fourth-order valence-electron chi connectivity index (χ4n) is 1.21. The second-order valence-corrected chi connectivity index (χ2v) is 4.58. The van der Waals surface area contributed by atoms with Crippen molar-refractivity contribution < 1.29 is 10.2 Å². The molecule has 0 aliphatic rings. The number of aryl methyl sites for hydroxylation is 1. The summed E-state index contributed by atoms with van der Waals surface area (Å²) in [4.78, 5) is 0. The molecule has 0 atom stereocenters. The van der Waals surface area contributed by atoms with E-state index in [4.69, 9.17) is 11.6 Å². The molecule has 0 spiro atoms. The van der Waals surface area contributed by atoms with Crippen molar-refractivity contribution in [1.82, 2.24) is 10.2 Å². The van der Waals surface area contributed by atoms with Crippen molar-refractivity contribution in [3.05, 3.63) is 23.2 Å². The summed E-state index contributed by atoms with van der Waals surface area (Å²) in [6.45, 7) is 0. The topological polar surface area (TPSA) is 66.2 Å². The van der Waals surface area contributed by atoms with Gasteiger partial charge in [0.1, 0.15) is 10.0 Å². The number of halogens is 1. The van der Waals surface area contributed by atoms with Crippen molar-refractivity contribution in [2.75, 3.05) is 5.88 Å². The molecular weight excluding hydrogens is 248 g/mol. The van der Waals surface area contributed by atoms with Crippen LogP contribution in [0, 0.1) is 0 Å². The number of nitrogens with zero attached hydrogens (tertiary/aromatic N) is 2. The van der Waals surface area contributed by atoms with Gasteiger partial charge in [-0.15, -0.1) is 21.8 Å². The molecule has 16 heavy (non-hydrogen) atoms. The summed E-state index contributed by atoms with van der Waals surface area (Å²) in [5.41, 5.74) is 0.730. The summed E-state index contributed by atoms with van der Waals surface area (Å²) in [6, 6.07) is 4.56. The lowest BCUT2D eigenvalue weighted by atomic mass is 10.2. The minimum Gasteiger partial charge on any atom is -0.504 e. The van der Waals surface area contributed by atoms with Crippen LogP contribution in [0.1, 0.15) is 5.01 Å². The van der Waals surface area contributed by atoms with Gasteiger partial charge in [0.05, 0.1) is 0 Å². The summed E-state index contributed by atoms with van der Waals surface area (Å²) in [5, 5.41) is 28.1. The molecule has 0 saturated heterocycles. The van der Waals surface area contributed by atoms with E-state index in [1.807, 2.05) is 0 Å². The van der Waals surface area contributed by atoms with E-state index >= 15 is 0 Å². The van der Waals surface area contributed by atoms with E-state index in [-0.39, 0.29) is 11.5 Å². The zero-order chi connectivity index (χ0) is 11.5. The molecular formula is C10H9ClN2O2S. The minimum atomic E-state index is -0.161. The predicted octanol–water partition coefficient (Wildman–Crippen LogP) is 2.40. The molecule has 1 heterocycles. The first-order valence-electron chi connectivity index (χ1n) is 4.61. The average molecular weight is 257 g/mol. The second-order valence-electron chi connectivity index (χ2n) is 3.14. The Bertz CT molecular complexity index is 501. The fourth-order valence-corrected chi connectivity index (χ4v) is 2.34. The van der Waals surface area contributed by atoms with E-state index < -0.39 is 0 Å². The van der Waals surface area contributed by atoms with Crippen LogP contribution in [0.15, 0.2) is 18.2 Å². The Labute approximate surface area is 101 Å². The van der Waals surface area contributed by atoms with Gasteiger partial charge in [-0.1, -0.05) is 11.3 Å². The molecule has 2 rings (SSSR count). The normalized spacial score (nSPS) is 10.6. The van der Waals surface area contributed by atoms with Crippen LogP contribution in [0.3, 0.4) is 0 Å². The van der Waals surface area contributed by atoms with E-state index in [1.54, 1.807) is 6.07 Å². The lowest BCUT2D eigenvalue weighted by Gasteiger charge is -1.98. The van der Waals surface area contributed by atoms with E-state index in [2.05, 4.69) is 10.2 Å². The number of alkyl halides is 1. The number of benzene rings is 1. The van der Waals surface area contributed by atoms with Crippen LogP contribution < -0.4 is 0 Å². The van der Waals surface area contributed by atoms with Crippen LogP contribution in [0.5, 0.6) is 11.5 Å². The summed E-state index contributed by atoms with van der Waals surface area (Å²) in [6.07, 6.45) is 0.684. The molecule has 0 bridgehead atoms. The third kappa shape index (κ3) is 2.25. The molecule has 0 amide bonds. The number of phenols is 2. The van der Waals surface area contributed by atoms with Crippen molar-refractivity contribution >= 4 is 22.9 Å². The van der Waals surface area contributed by atoms with Gasteiger partial charge < -0.3 is 10.2 Å². The van der Waals surface area contributed by atoms with Gasteiger partial charge >= 0.3 is 0 Å². The Morgan fingerprint density at radius 1 is 1.19 bits per heavy atom. The molecule has 2 N–H and O–H groups in total. The highest BCUT2D eigenvalue weighted by Gasteiger charge is 2.08. The summed E-state index contributed by atoms with van der Waals surface area (Å²) < 4.78 is 0. The van der Waals surface area contributed by atoms with E-state index in [9.17, 15) is 10.2 Å². The zero-order valence-corrected chi connectivity index (χ0v) is 9.79. The Kier molecular flexibility index (Phi) is 3.26. The zero-order valence-electron chi connectivity index (χ0n) is 8.22. The lowest BCUT2D eigenvalue weighted by Crippen LogP contribution is -1.83. The molecule has 0 unspecified atom stereocenters. The summed E-state index contributed by atoms with van der Waals surface area (Å²) in [5.74, 6) is 0.205. The number of aromatic nitrogens is 2. The van der Waals surface area contributed by atoms with E-state index in [0.29, 0.717) is 17.3 Å². The maximum absolute atomic E-state index is 9.36. The van der Waals surface area contributed by atoms with E-state index in [0.717, 1.165) is 10.6 Å². The molecule has 1 aromatic heterocycles. The van der Waals surface area contributed by atoms with Gasteiger partial charge in [-0.05, 0) is 18.2 Å². The first-order chi connectivity index (χ1) is 7.70. The Morgan fingerprint density at radius 3 is 2.69 bits per heavy atom. The van der Waals surface area contributed by atoms with Crippen molar-refractivity contribution in [3.63, 3.8) is 0 Å². The highest BCUT2D eigenvalue weighted by atomic mass is 35.5. The smallest absolute Gasteiger partial charge is 0.158 e. The molecule has 6 heteroatoms. The SMILES string of the molecule is Oc1ccc(-c2nnc(CCCl)s2)cc1O.